The number of rotatable bonds is 4. The second-order valence-corrected chi connectivity index (χ2v) is 7.62. The molecule has 28 heavy (non-hydrogen) atoms. The average molecular weight is 425 g/mol. The van der Waals surface area contributed by atoms with Crippen LogP contribution >= 0.6 is 15.9 Å². The van der Waals surface area contributed by atoms with Crippen molar-refractivity contribution in [2.75, 3.05) is 0 Å². The molecule has 0 saturated carbocycles. The lowest BCUT2D eigenvalue weighted by Gasteiger charge is -2.20. The fraction of sp³-hybridized carbons (Fsp3) is 0.0370. The number of fused-ring (bicyclic) bond motifs is 1. The van der Waals surface area contributed by atoms with E-state index in [0.717, 1.165) is 10.0 Å². The van der Waals surface area contributed by atoms with E-state index in [9.17, 15) is 0 Å². The van der Waals surface area contributed by atoms with Crippen LogP contribution in [0.4, 0.5) is 0 Å². The van der Waals surface area contributed by atoms with Crippen LogP contribution in [0.2, 0.25) is 0 Å². The van der Waals surface area contributed by atoms with Crippen LogP contribution in [-0.4, -0.2) is 0 Å². The maximum Gasteiger partial charge on any atom is 0.0181 e. The summed E-state index contributed by atoms with van der Waals surface area (Å²) in [5.41, 5.74) is 7.25. The molecule has 0 aliphatic carbocycles. The first kappa shape index (κ1) is 18.5. The van der Waals surface area contributed by atoms with Gasteiger partial charge >= 0.3 is 0 Å². The molecule has 0 amide bonds. The van der Waals surface area contributed by atoms with Crippen LogP contribution in [0, 0.1) is 0 Å². The van der Waals surface area contributed by atoms with Gasteiger partial charge in [-0.15, -0.1) is 0 Å². The lowest BCUT2D eigenvalue weighted by Crippen LogP contribution is -1.96. The summed E-state index contributed by atoms with van der Waals surface area (Å²) in [5, 5.41) is 2.49. The first-order valence-corrected chi connectivity index (χ1v) is 10.2. The zero-order valence-corrected chi connectivity index (χ0v) is 17.4. The topological polar surface area (TPSA) is 0 Å². The summed E-state index contributed by atoms with van der Waals surface area (Å²) in [6.45, 7) is 6.24. The maximum atomic E-state index is 4.18. The molecule has 136 valence electrons. The Morgan fingerprint density at radius 1 is 0.714 bits per heavy atom. The van der Waals surface area contributed by atoms with Gasteiger partial charge in [-0.05, 0) is 63.2 Å². The lowest BCUT2D eigenvalue weighted by molar-refractivity contribution is 1.56. The van der Waals surface area contributed by atoms with Gasteiger partial charge in [0.1, 0.15) is 0 Å². The Kier molecular flexibility index (Phi) is 5.27. The molecule has 0 nitrogen and oxygen atoms in total. The quantitative estimate of drug-likeness (QED) is 0.307. The minimum Gasteiger partial charge on any atom is -0.0984 e. The summed E-state index contributed by atoms with van der Waals surface area (Å²) in [6, 6.07) is 27.8. The first-order chi connectivity index (χ1) is 13.7. The molecule has 0 spiro atoms. The predicted octanol–water partition coefficient (Wildman–Crippen LogP) is 8.61. The number of benzene rings is 4. The average Bonchev–Trinajstić information content (AvgIpc) is 2.73. The standard InChI is InChI=1S/C27H21Br/c1-3-11-23-22(4-2)26(19-12-6-5-7-13-19)24-16-8-9-17-25(24)27(23)20-14-10-15-21(28)18-20/h3-18H,2H2,1H3/b11-3-. The van der Waals surface area contributed by atoms with Gasteiger partial charge in [-0.3, -0.25) is 0 Å². The van der Waals surface area contributed by atoms with Gasteiger partial charge in [-0.25, -0.2) is 0 Å². The van der Waals surface area contributed by atoms with E-state index in [1.807, 2.05) is 6.08 Å². The van der Waals surface area contributed by atoms with Gasteiger partial charge in [-0.2, -0.15) is 0 Å². The lowest BCUT2D eigenvalue weighted by atomic mass is 9.83. The van der Waals surface area contributed by atoms with E-state index in [1.165, 1.54) is 38.6 Å². The van der Waals surface area contributed by atoms with Gasteiger partial charge in [-0.1, -0.05) is 107 Å². The van der Waals surface area contributed by atoms with Gasteiger partial charge < -0.3 is 0 Å². The number of halogens is 1. The molecule has 0 fully saturated rings. The van der Waals surface area contributed by atoms with Gasteiger partial charge in [0.15, 0.2) is 0 Å². The molecule has 4 aromatic rings. The normalized spacial score (nSPS) is 11.2. The third-order valence-electron chi connectivity index (χ3n) is 5.01. The molecule has 0 aliphatic rings. The third-order valence-corrected chi connectivity index (χ3v) is 5.50. The molecule has 4 rings (SSSR count). The minimum atomic E-state index is 1.08. The fourth-order valence-corrected chi connectivity index (χ4v) is 4.30. The van der Waals surface area contributed by atoms with E-state index >= 15 is 0 Å². The van der Waals surface area contributed by atoms with E-state index in [-0.39, 0.29) is 0 Å². The van der Waals surface area contributed by atoms with Crippen LogP contribution in [-0.2, 0) is 0 Å². The van der Waals surface area contributed by atoms with Crippen LogP contribution < -0.4 is 0 Å². The van der Waals surface area contributed by atoms with Gasteiger partial charge in [0.2, 0.25) is 0 Å². The van der Waals surface area contributed by atoms with Crippen LogP contribution in [0.1, 0.15) is 18.1 Å². The summed E-state index contributed by atoms with van der Waals surface area (Å²) >= 11 is 3.64. The summed E-state index contributed by atoms with van der Waals surface area (Å²) in [6.07, 6.45) is 6.30. The van der Waals surface area contributed by atoms with Crippen LogP contribution in [0.25, 0.3) is 45.2 Å². The Morgan fingerprint density at radius 3 is 1.93 bits per heavy atom. The maximum absolute atomic E-state index is 4.18. The molecule has 0 radical (unpaired) electrons. The monoisotopic (exact) mass is 424 g/mol. The summed E-state index contributed by atoms with van der Waals surface area (Å²) in [5.74, 6) is 0. The SMILES string of the molecule is C=Cc1c(/C=C\C)c(-c2cccc(Br)c2)c2ccccc2c1-c1ccccc1. The minimum absolute atomic E-state index is 1.08. The molecule has 0 atom stereocenters. The first-order valence-electron chi connectivity index (χ1n) is 9.39. The van der Waals surface area contributed by atoms with Crippen LogP contribution in [0.3, 0.4) is 0 Å². The third kappa shape index (κ3) is 3.23. The zero-order chi connectivity index (χ0) is 19.5. The zero-order valence-electron chi connectivity index (χ0n) is 15.8. The van der Waals surface area contributed by atoms with Crippen molar-refractivity contribution >= 4 is 38.9 Å². The molecule has 0 bridgehead atoms. The molecule has 0 saturated heterocycles. The molecule has 0 aliphatic heterocycles. The van der Waals surface area contributed by atoms with Crippen molar-refractivity contribution < 1.29 is 0 Å². The Morgan fingerprint density at radius 2 is 1.32 bits per heavy atom. The van der Waals surface area contributed by atoms with Gasteiger partial charge in [0, 0.05) is 4.47 Å². The van der Waals surface area contributed by atoms with E-state index in [0.29, 0.717) is 0 Å². The van der Waals surface area contributed by atoms with Crippen molar-refractivity contribution in [3.63, 3.8) is 0 Å². The van der Waals surface area contributed by atoms with Crippen molar-refractivity contribution in [1.29, 1.82) is 0 Å². The largest absolute Gasteiger partial charge is 0.0984 e. The number of hydrogen-bond donors (Lipinski definition) is 0. The van der Waals surface area contributed by atoms with Gasteiger partial charge in [0.05, 0.1) is 0 Å². The Labute approximate surface area is 175 Å². The molecule has 4 aromatic carbocycles. The molecular weight excluding hydrogens is 404 g/mol. The van der Waals surface area contributed by atoms with E-state index in [4.69, 9.17) is 0 Å². The van der Waals surface area contributed by atoms with E-state index in [2.05, 4.69) is 120 Å². The Bertz CT molecular complexity index is 1180. The van der Waals surface area contributed by atoms with Crippen LogP contribution in [0.15, 0.2) is 96.0 Å². The molecule has 0 heterocycles. The molecule has 0 aromatic heterocycles. The highest BCUT2D eigenvalue weighted by Crippen LogP contribution is 2.43. The Hall–Kier alpha value is -2.90. The second kappa shape index (κ2) is 8.00. The Balaban J connectivity index is 2.23. The molecule has 1 heteroatoms. The highest BCUT2D eigenvalue weighted by molar-refractivity contribution is 9.10. The highest BCUT2D eigenvalue weighted by atomic mass is 79.9. The van der Waals surface area contributed by atoms with Gasteiger partial charge in [0.25, 0.3) is 0 Å². The van der Waals surface area contributed by atoms with Crippen molar-refractivity contribution in [1.82, 2.24) is 0 Å². The molecule has 0 unspecified atom stereocenters. The fourth-order valence-electron chi connectivity index (χ4n) is 3.90. The summed E-state index contributed by atoms with van der Waals surface area (Å²) in [7, 11) is 0. The summed E-state index contributed by atoms with van der Waals surface area (Å²) < 4.78 is 1.08. The van der Waals surface area contributed by atoms with E-state index < -0.39 is 0 Å². The molecular formula is C27H21Br. The van der Waals surface area contributed by atoms with Crippen LogP contribution in [0.5, 0.6) is 0 Å². The summed E-state index contributed by atoms with van der Waals surface area (Å²) in [4.78, 5) is 0. The van der Waals surface area contributed by atoms with Crippen molar-refractivity contribution in [2.45, 2.75) is 6.92 Å². The second-order valence-electron chi connectivity index (χ2n) is 6.70. The van der Waals surface area contributed by atoms with Crippen molar-refractivity contribution in [3.8, 4) is 22.3 Å². The predicted molar refractivity (Wildman–Crippen MR) is 127 cm³/mol. The number of hydrogen-bond acceptors (Lipinski definition) is 0. The number of allylic oxidation sites excluding steroid dienone is 1. The van der Waals surface area contributed by atoms with Crippen molar-refractivity contribution in [2.24, 2.45) is 0 Å². The smallest absolute Gasteiger partial charge is 0.0181 e. The molecule has 0 N–H and O–H groups in total. The van der Waals surface area contributed by atoms with E-state index in [1.54, 1.807) is 0 Å². The highest BCUT2D eigenvalue weighted by Gasteiger charge is 2.18. The van der Waals surface area contributed by atoms with Crippen molar-refractivity contribution in [3.05, 3.63) is 107 Å².